The zero-order valence-electron chi connectivity index (χ0n) is 10.0. The number of nitrogens with one attached hydrogen (secondary N) is 1. The molecule has 1 aliphatic heterocycles. The van der Waals surface area contributed by atoms with Crippen molar-refractivity contribution >= 4 is 15.9 Å². The van der Waals surface area contributed by atoms with Gasteiger partial charge in [0.1, 0.15) is 11.6 Å². The lowest BCUT2D eigenvalue weighted by molar-refractivity contribution is 0.511. The van der Waals surface area contributed by atoms with Crippen LogP contribution in [0.4, 0.5) is 0 Å². The van der Waals surface area contributed by atoms with Crippen LogP contribution < -0.4 is 4.72 Å². The Labute approximate surface area is 111 Å². The lowest BCUT2D eigenvalue weighted by Gasteiger charge is -1.98. The average molecular weight is 276 g/mol. The Morgan fingerprint density at radius 2 is 2.00 bits per heavy atom. The van der Waals surface area contributed by atoms with Gasteiger partial charge in [-0.2, -0.15) is 0 Å². The van der Waals surface area contributed by atoms with Crippen molar-refractivity contribution in [3.05, 3.63) is 54.0 Å². The number of hydrogen-bond acceptors (Lipinski definition) is 4. The second-order valence-corrected chi connectivity index (χ2v) is 5.81. The van der Waals surface area contributed by atoms with Gasteiger partial charge in [-0.1, -0.05) is 12.1 Å². The highest BCUT2D eigenvalue weighted by Crippen LogP contribution is 2.22. The van der Waals surface area contributed by atoms with E-state index in [1.54, 1.807) is 30.5 Å². The highest BCUT2D eigenvalue weighted by atomic mass is 32.2. The molecule has 0 saturated heterocycles. The van der Waals surface area contributed by atoms with E-state index in [0.717, 1.165) is 5.76 Å². The topological polar surface area (TPSA) is 71.7 Å². The predicted molar refractivity (Wildman–Crippen MR) is 70.6 cm³/mol. The van der Waals surface area contributed by atoms with Crippen LogP contribution in [0, 0.1) is 0 Å². The summed E-state index contributed by atoms with van der Waals surface area (Å²) >= 11 is 0. The minimum absolute atomic E-state index is 0.284. The fourth-order valence-corrected chi connectivity index (χ4v) is 3.23. The van der Waals surface area contributed by atoms with Crippen molar-refractivity contribution in [2.24, 2.45) is 4.99 Å². The monoisotopic (exact) mass is 276 g/mol. The summed E-state index contributed by atoms with van der Waals surface area (Å²) in [6, 6.07) is 10.5. The molecule has 0 radical (unpaired) electrons. The van der Waals surface area contributed by atoms with Crippen molar-refractivity contribution in [1.29, 1.82) is 0 Å². The van der Waals surface area contributed by atoms with Crippen LogP contribution in [-0.2, 0) is 16.4 Å². The Morgan fingerprint density at radius 1 is 1.16 bits per heavy atom. The zero-order chi connectivity index (χ0) is 13.3. The molecule has 19 heavy (non-hydrogen) atoms. The van der Waals surface area contributed by atoms with Crippen LogP contribution >= 0.6 is 0 Å². The molecule has 0 unspecified atom stereocenters. The van der Waals surface area contributed by atoms with Gasteiger partial charge in [-0.3, -0.25) is 9.71 Å². The first-order valence-corrected chi connectivity index (χ1v) is 7.34. The third kappa shape index (κ3) is 2.26. The van der Waals surface area contributed by atoms with Crippen molar-refractivity contribution in [3.8, 4) is 0 Å². The van der Waals surface area contributed by atoms with Gasteiger partial charge in [-0.15, -0.1) is 0 Å². The number of nitrogens with zero attached hydrogens (tertiary/aromatic N) is 1. The van der Waals surface area contributed by atoms with Gasteiger partial charge in [0.15, 0.2) is 0 Å². The molecular formula is C13H12N2O3S. The maximum Gasteiger partial charge on any atom is 0.263 e. The molecule has 0 fully saturated rings. The standard InChI is InChI=1S/C13H12N2O3S/c16-19(17)12-6-2-1-5-11(12)13(15-19)14-8-7-10-4-3-9-18-10/h1-6,9H,7-8H2,(H,14,15). The molecule has 3 rings (SSSR count). The first kappa shape index (κ1) is 12.0. The lowest BCUT2D eigenvalue weighted by atomic mass is 10.2. The predicted octanol–water partition coefficient (Wildman–Crippen LogP) is 1.56. The molecule has 1 N–H and O–H groups in total. The molecule has 1 aromatic heterocycles. The normalized spacial score (nSPS) is 18.2. The summed E-state index contributed by atoms with van der Waals surface area (Å²) in [7, 11) is -3.44. The largest absolute Gasteiger partial charge is 0.469 e. The Bertz CT molecular complexity index is 718. The smallest absolute Gasteiger partial charge is 0.263 e. The van der Waals surface area contributed by atoms with Crippen molar-refractivity contribution < 1.29 is 12.8 Å². The van der Waals surface area contributed by atoms with Gasteiger partial charge in [0, 0.05) is 18.5 Å². The van der Waals surface area contributed by atoms with E-state index in [-0.39, 0.29) is 4.90 Å². The minimum atomic E-state index is -3.44. The number of aliphatic imine (C=N–C) groups is 1. The summed E-state index contributed by atoms with van der Waals surface area (Å²) in [6.07, 6.45) is 2.25. The number of sulfonamides is 1. The lowest BCUT2D eigenvalue weighted by Crippen LogP contribution is -2.22. The van der Waals surface area contributed by atoms with Crippen molar-refractivity contribution in [2.75, 3.05) is 6.54 Å². The van der Waals surface area contributed by atoms with E-state index in [4.69, 9.17) is 4.42 Å². The van der Waals surface area contributed by atoms with E-state index in [2.05, 4.69) is 9.71 Å². The quantitative estimate of drug-likeness (QED) is 0.924. The summed E-state index contributed by atoms with van der Waals surface area (Å²) in [5.74, 6) is 1.24. The molecule has 1 aliphatic rings. The van der Waals surface area contributed by atoms with E-state index in [0.29, 0.717) is 24.4 Å². The number of hydrogen-bond donors (Lipinski definition) is 1. The second kappa shape index (κ2) is 4.55. The fourth-order valence-electron chi connectivity index (χ4n) is 1.98. The van der Waals surface area contributed by atoms with Gasteiger partial charge in [-0.05, 0) is 24.3 Å². The molecule has 0 aliphatic carbocycles. The van der Waals surface area contributed by atoms with Crippen molar-refractivity contribution in [3.63, 3.8) is 0 Å². The molecule has 6 heteroatoms. The molecule has 1 aromatic carbocycles. The molecule has 0 saturated carbocycles. The molecule has 2 heterocycles. The third-order valence-corrected chi connectivity index (χ3v) is 4.27. The molecule has 0 amide bonds. The van der Waals surface area contributed by atoms with Crippen LogP contribution in [0.1, 0.15) is 11.3 Å². The summed E-state index contributed by atoms with van der Waals surface area (Å²) in [4.78, 5) is 4.59. The van der Waals surface area contributed by atoms with E-state index >= 15 is 0 Å². The SMILES string of the molecule is O=S1(=O)NC(=NCCc2ccco2)c2ccccc21. The van der Waals surface area contributed by atoms with Gasteiger partial charge in [0.05, 0.1) is 11.2 Å². The molecule has 5 nitrogen and oxygen atoms in total. The number of furan rings is 1. The highest BCUT2D eigenvalue weighted by molar-refractivity contribution is 7.90. The molecule has 0 bridgehead atoms. The van der Waals surface area contributed by atoms with Crippen molar-refractivity contribution in [1.82, 2.24) is 4.72 Å². The van der Waals surface area contributed by atoms with Gasteiger partial charge < -0.3 is 4.42 Å². The van der Waals surface area contributed by atoms with Crippen LogP contribution in [-0.4, -0.2) is 20.8 Å². The van der Waals surface area contributed by atoms with Crippen LogP contribution in [0.2, 0.25) is 0 Å². The summed E-state index contributed by atoms with van der Waals surface area (Å²) < 4.78 is 31.4. The second-order valence-electron chi connectivity index (χ2n) is 4.16. The minimum Gasteiger partial charge on any atom is -0.469 e. The fraction of sp³-hybridized carbons (Fsp3) is 0.154. The van der Waals surface area contributed by atoms with Gasteiger partial charge >= 0.3 is 0 Å². The van der Waals surface area contributed by atoms with E-state index < -0.39 is 10.0 Å². The van der Waals surface area contributed by atoms with E-state index in [1.807, 2.05) is 12.1 Å². The number of fused-ring (bicyclic) bond motifs is 1. The molecule has 0 spiro atoms. The number of amidine groups is 1. The Balaban J connectivity index is 1.83. The number of rotatable bonds is 3. The van der Waals surface area contributed by atoms with E-state index in [1.165, 1.54) is 0 Å². The Kier molecular flexibility index (Phi) is 2.87. The van der Waals surface area contributed by atoms with E-state index in [9.17, 15) is 8.42 Å². The molecule has 98 valence electrons. The van der Waals surface area contributed by atoms with Crippen LogP contribution in [0.15, 0.2) is 57.0 Å². The Morgan fingerprint density at radius 3 is 2.79 bits per heavy atom. The first-order valence-electron chi connectivity index (χ1n) is 5.86. The highest BCUT2D eigenvalue weighted by Gasteiger charge is 2.29. The molecule has 2 aromatic rings. The Hall–Kier alpha value is -2.08. The van der Waals surface area contributed by atoms with Gasteiger partial charge in [-0.25, -0.2) is 8.42 Å². The van der Waals surface area contributed by atoms with Gasteiger partial charge in [0.2, 0.25) is 0 Å². The van der Waals surface area contributed by atoms with Crippen LogP contribution in [0.5, 0.6) is 0 Å². The summed E-state index contributed by atoms with van der Waals surface area (Å²) in [6.45, 7) is 0.472. The third-order valence-electron chi connectivity index (χ3n) is 2.87. The first-order chi connectivity index (χ1) is 9.17. The van der Waals surface area contributed by atoms with Crippen LogP contribution in [0.3, 0.4) is 0 Å². The van der Waals surface area contributed by atoms with Crippen molar-refractivity contribution in [2.45, 2.75) is 11.3 Å². The zero-order valence-corrected chi connectivity index (χ0v) is 10.9. The maximum atomic E-state index is 11.8. The average Bonchev–Trinajstić information content (AvgIpc) is 2.98. The summed E-state index contributed by atoms with van der Waals surface area (Å²) in [5, 5.41) is 0. The molecule has 0 atom stereocenters. The molecular weight excluding hydrogens is 264 g/mol. The maximum absolute atomic E-state index is 11.8. The summed E-state index contributed by atoms with van der Waals surface area (Å²) in [5.41, 5.74) is 0.627. The van der Waals surface area contributed by atoms with Gasteiger partial charge in [0.25, 0.3) is 10.0 Å². The number of benzene rings is 1. The van der Waals surface area contributed by atoms with Crippen LogP contribution in [0.25, 0.3) is 0 Å².